The summed E-state index contributed by atoms with van der Waals surface area (Å²) in [4.78, 5) is 4.14. The number of rotatable bonds is 4. The molecule has 0 aliphatic rings. The van der Waals surface area contributed by atoms with E-state index in [1.807, 2.05) is 0 Å². The minimum atomic E-state index is -0.508. The molecule has 1 aromatic heterocycles. The van der Waals surface area contributed by atoms with Crippen molar-refractivity contribution in [2.45, 2.75) is 12.8 Å². The van der Waals surface area contributed by atoms with Crippen molar-refractivity contribution in [3.63, 3.8) is 0 Å². The third-order valence-electron chi connectivity index (χ3n) is 2.25. The van der Waals surface area contributed by atoms with Crippen molar-refractivity contribution < 1.29 is 8.91 Å². The molecule has 17 heavy (non-hydrogen) atoms. The van der Waals surface area contributed by atoms with Crippen LogP contribution in [0.25, 0.3) is 11.5 Å². The number of hydrogen-bond acceptors (Lipinski definition) is 4. The van der Waals surface area contributed by atoms with Crippen LogP contribution in [0.3, 0.4) is 0 Å². The van der Waals surface area contributed by atoms with Gasteiger partial charge in [-0.3, -0.25) is 0 Å². The topological polar surface area (TPSA) is 64.9 Å². The number of aromatic nitrogens is 2. The van der Waals surface area contributed by atoms with Crippen molar-refractivity contribution in [2.24, 2.45) is 5.73 Å². The zero-order chi connectivity index (χ0) is 12.3. The van der Waals surface area contributed by atoms with E-state index in [1.165, 1.54) is 6.07 Å². The van der Waals surface area contributed by atoms with Crippen molar-refractivity contribution in [2.75, 3.05) is 6.54 Å². The van der Waals surface area contributed by atoms with Gasteiger partial charge in [-0.1, -0.05) is 22.8 Å². The molecule has 0 atom stereocenters. The molecule has 2 N–H and O–H groups in total. The van der Waals surface area contributed by atoms with E-state index in [9.17, 15) is 4.39 Å². The minimum Gasteiger partial charge on any atom is -0.334 e. The smallest absolute Gasteiger partial charge is 0.259 e. The standard InChI is InChI=1S/C11H11ClFN3O/c12-10-7(3-1-4-8(10)13)11-15-9(16-17-11)5-2-6-14/h1,3-4H,2,5-6,14H2. The highest BCUT2D eigenvalue weighted by atomic mass is 35.5. The maximum absolute atomic E-state index is 13.2. The number of nitrogens with two attached hydrogens (primary N) is 1. The van der Waals surface area contributed by atoms with E-state index in [4.69, 9.17) is 21.9 Å². The van der Waals surface area contributed by atoms with E-state index >= 15 is 0 Å². The molecule has 0 amide bonds. The van der Waals surface area contributed by atoms with Gasteiger partial charge in [0.15, 0.2) is 5.82 Å². The first-order chi connectivity index (χ1) is 8.22. The van der Waals surface area contributed by atoms with Crippen LogP contribution in [0.15, 0.2) is 22.7 Å². The second kappa shape index (κ2) is 5.25. The Kier molecular flexibility index (Phi) is 3.71. The van der Waals surface area contributed by atoms with Crippen LogP contribution in [0, 0.1) is 5.82 Å². The van der Waals surface area contributed by atoms with Gasteiger partial charge in [-0.05, 0) is 25.1 Å². The molecule has 0 aliphatic carbocycles. The van der Waals surface area contributed by atoms with E-state index < -0.39 is 5.82 Å². The number of halogens is 2. The fourth-order valence-corrected chi connectivity index (χ4v) is 1.60. The third-order valence-corrected chi connectivity index (χ3v) is 2.64. The van der Waals surface area contributed by atoms with Crippen molar-refractivity contribution >= 4 is 11.6 Å². The molecule has 6 heteroatoms. The zero-order valence-corrected chi connectivity index (χ0v) is 9.75. The molecule has 0 spiro atoms. The lowest BCUT2D eigenvalue weighted by Gasteiger charge is -1.98. The van der Waals surface area contributed by atoms with E-state index in [2.05, 4.69) is 10.1 Å². The van der Waals surface area contributed by atoms with Crippen LogP contribution in [-0.2, 0) is 6.42 Å². The predicted molar refractivity (Wildman–Crippen MR) is 62.1 cm³/mol. The van der Waals surface area contributed by atoms with Gasteiger partial charge >= 0.3 is 0 Å². The largest absolute Gasteiger partial charge is 0.334 e. The second-order valence-electron chi connectivity index (χ2n) is 3.51. The van der Waals surface area contributed by atoms with Crippen LogP contribution in [0.5, 0.6) is 0 Å². The van der Waals surface area contributed by atoms with Gasteiger partial charge < -0.3 is 10.3 Å². The lowest BCUT2D eigenvalue weighted by molar-refractivity contribution is 0.421. The third kappa shape index (κ3) is 2.62. The van der Waals surface area contributed by atoms with Crippen molar-refractivity contribution in [1.82, 2.24) is 10.1 Å². The number of hydrogen-bond donors (Lipinski definition) is 1. The molecule has 2 rings (SSSR count). The highest BCUT2D eigenvalue weighted by Crippen LogP contribution is 2.28. The van der Waals surface area contributed by atoms with Crippen LogP contribution >= 0.6 is 11.6 Å². The molecule has 0 fully saturated rings. The summed E-state index contributed by atoms with van der Waals surface area (Å²) >= 11 is 5.82. The summed E-state index contributed by atoms with van der Waals surface area (Å²) in [7, 11) is 0. The summed E-state index contributed by atoms with van der Waals surface area (Å²) in [5.74, 6) is 0.262. The molecule has 1 heterocycles. The van der Waals surface area contributed by atoms with E-state index in [-0.39, 0.29) is 10.9 Å². The quantitative estimate of drug-likeness (QED) is 0.911. The van der Waals surface area contributed by atoms with Crippen LogP contribution in [-0.4, -0.2) is 16.7 Å². The first kappa shape index (κ1) is 12.0. The van der Waals surface area contributed by atoms with Crippen LogP contribution < -0.4 is 5.73 Å². The van der Waals surface area contributed by atoms with E-state index in [0.29, 0.717) is 24.4 Å². The van der Waals surface area contributed by atoms with Crippen LogP contribution in [0.1, 0.15) is 12.2 Å². The van der Waals surface area contributed by atoms with Gasteiger partial charge in [0, 0.05) is 6.42 Å². The Morgan fingerprint density at radius 3 is 3.00 bits per heavy atom. The first-order valence-electron chi connectivity index (χ1n) is 5.19. The highest BCUT2D eigenvalue weighted by molar-refractivity contribution is 6.33. The van der Waals surface area contributed by atoms with Gasteiger partial charge in [0.1, 0.15) is 5.82 Å². The molecule has 0 bridgehead atoms. The monoisotopic (exact) mass is 255 g/mol. The number of benzene rings is 1. The van der Waals surface area contributed by atoms with Crippen LogP contribution in [0.4, 0.5) is 4.39 Å². The van der Waals surface area contributed by atoms with Crippen molar-refractivity contribution in [3.05, 3.63) is 34.9 Å². The molecule has 4 nitrogen and oxygen atoms in total. The molecular weight excluding hydrogens is 245 g/mol. The fourth-order valence-electron chi connectivity index (χ4n) is 1.39. The van der Waals surface area contributed by atoms with Crippen LogP contribution in [0.2, 0.25) is 5.02 Å². The first-order valence-corrected chi connectivity index (χ1v) is 5.57. The number of aryl methyl sites for hydroxylation is 1. The fraction of sp³-hybridized carbons (Fsp3) is 0.273. The molecule has 0 radical (unpaired) electrons. The molecule has 0 saturated heterocycles. The Labute approximate surface area is 103 Å². The van der Waals surface area contributed by atoms with Gasteiger partial charge in [-0.2, -0.15) is 4.98 Å². The maximum atomic E-state index is 13.2. The normalized spacial score (nSPS) is 10.8. The zero-order valence-electron chi connectivity index (χ0n) is 8.99. The molecule has 90 valence electrons. The molecular formula is C11H11ClFN3O. The summed E-state index contributed by atoms with van der Waals surface area (Å²) < 4.78 is 18.3. The number of nitrogens with zero attached hydrogens (tertiary/aromatic N) is 2. The van der Waals surface area contributed by atoms with Crippen molar-refractivity contribution in [3.8, 4) is 11.5 Å². The average molecular weight is 256 g/mol. The van der Waals surface area contributed by atoms with Gasteiger partial charge in [-0.15, -0.1) is 0 Å². The average Bonchev–Trinajstić information content (AvgIpc) is 2.78. The minimum absolute atomic E-state index is 0.0125. The second-order valence-corrected chi connectivity index (χ2v) is 3.89. The van der Waals surface area contributed by atoms with Gasteiger partial charge in [0.25, 0.3) is 5.89 Å². The lowest BCUT2D eigenvalue weighted by Crippen LogP contribution is -2.01. The Hall–Kier alpha value is -1.46. The SMILES string of the molecule is NCCCc1noc(-c2cccc(F)c2Cl)n1. The Balaban J connectivity index is 2.27. The van der Waals surface area contributed by atoms with Crippen molar-refractivity contribution in [1.29, 1.82) is 0 Å². The van der Waals surface area contributed by atoms with Gasteiger partial charge in [-0.25, -0.2) is 4.39 Å². The molecule has 0 saturated carbocycles. The molecule has 0 unspecified atom stereocenters. The molecule has 1 aromatic carbocycles. The summed E-state index contributed by atoms with van der Waals surface area (Å²) in [5.41, 5.74) is 5.78. The van der Waals surface area contributed by atoms with E-state index in [1.54, 1.807) is 12.1 Å². The summed E-state index contributed by atoms with van der Waals surface area (Å²) in [6, 6.07) is 4.45. The Morgan fingerprint density at radius 2 is 2.24 bits per heavy atom. The van der Waals surface area contributed by atoms with Gasteiger partial charge in [0.2, 0.25) is 0 Å². The lowest BCUT2D eigenvalue weighted by atomic mass is 10.2. The van der Waals surface area contributed by atoms with E-state index in [0.717, 1.165) is 6.42 Å². The molecule has 0 aliphatic heterocycles. The summed E-state index contributed by atoms with van der Waals surface area (Å²) in [6.45, 7) is 0.560. The van der Waals surface area contributed by atoms with Gasteiger partial charge in [0.05, 0.1) is 10.6 Å². The maximum Gasteiger partial charge on any atom is 0.259 e. The highest BCUT2D eigenvalue weighted by Gasteiger charge is 2.14. The molecule has 2 aromatic rings. The Bertz CT molecular complexity index is 515. The summed E-state index contributed by atoms with van der Waals surface area (Å²) in [6.07, 6.45) is 1.41. The Morgan fingerprint density at radius 1 is 1.41 bits per heavy atom. The predicted octanol–water partition coefficient (Wildman–Crippen LogP) is 2.42. The summed E-state index contributed by atoms with van der Waals surface area (Å²) in [5, 5.41) is 3.77.